The first-order valence-corrected chi connectivity index (χ1v) is 8.07. The molecule has 3 heterocycles. The molecule has 1 aliphatic heterocycles. The molecule has 24 heavy (non-hydrogen) atoms. The summed E-state index contributed by atoms with van der Waals surface area (Å²) in [4.78, 5) is 12.4. The van der Waals surface area contributed by atoms with Crippen LogP contribution in [0.1, 0.15) is 11.4 Å². The van der Waals surface area contributed by atoms with Gasteiger partial charge in [-0.2, -0.15) is 15.3 Å². The van der Waals surface area contributed by atoms with E-state index in [4.69, 9.17) is 5.11 Å². The molecule has 8 nitrogen and oxygen atoms in total. The van der Waals surface area contributed by atoms with E-state index in [-0.39, 0.29) is 0 Å². The molecule has 1 saturated carbocycles. The highest BCUT2D eigenvalue weighted by atomic mass is 16.4. The van der Waals surface area contributed by atoms with Crippen molar-refractivity contribution in [3.05, 3.63) is 29.7 Å². The lowest BCUT2D eigenvalue weighted by Gasteiger charge is -2.16. The number of nitrogens with one attached hydrogen (secondary N) is 1. The van der Waals surface area contributed by atoms with Gasteiger partial charge in [-0.15, -0.1) is 0 Å². The third kappa shape index (κ3) is 2.62. The van der Waals surface area contributed by atoms with Crippen LogP contribution >= 0.6 is 0 Å². The van der Waals surface area contributed by atoms with Crippen molar-refractivity contribution in [3.63, 3.8) is 0 Å². The first-order chi connectivity index (χ1) is 11.5. The predicted octanol–water partition coefficient (Wildman–Crippen LogP) is 0.883. The van der Waals surface area contributed by atoms with Gasteiger partial charge in [0.1, 0.15) is 0 Å². The van der Waals surface area contributed by atoms with Crippen LogP contribution in [0.3, 0.4) is 0 Å². The number of carbonyl (C=O) groups is 1. The highest BCUT2D eigenvalue weighted by Crippen LogP contribution is 2.45. The second-order valence-corrected chi connectivity index (χ2v) is 6.63. The van der Waals surface area contributed by atoms with Crippen molar-refractivity contribution in [1.29, 1.82) is 0 Å². The number of fused-ring (bicyclic) bond motifs is 1. The molecule has 0 radical (unpaired) electrons. The Morgan fingerprint density at radius 2 is 2.08 bits per heavy atom. The van der Waals surface area contributed by atoms with Crippen molar-refractivity contribution in [3.8, 4) is 11.3 Å². The number of piperidine rings is 1. The van der Waals surface area contributed by atoms with E-state index in [1.807, 2.05) is 32.3 Å². The van der Waals surface area contributed by atoms with E-state index in [0.29, 0.717) is 37.5 Å². The highest BCUT2D eigenvalue weighted by molar-refractivity contribution is 5.66. The maximum atomic E-state index is 10.9. The zero-order chi connectivity index (χ0) is 16.8. The molecule has 2 aromatic heterocycles. The summed E-state index contributed by atoms with van der Waals surface area (Å²) in [5.41, 5.74) is 3.64. The lowest BCUT2D eigenvalue weighted by Crippen LogP contribution is -2.34. The molecule has 1 amide bonds. The number of likely N-dealkylation sites (tertiary alicyclic amines) is 1. The smallest absolute Gasteiger partial charge is 0.407 e. The quantitative estimate of drug-likeness (QED) is 0.865. The summed E-state index contributed by atoms with van der Waals surface area (Å²) in [5, 5.41) is 25.3. The van der Waals surface area contributed by atoms with Gasteiger partial charge in [-0.05, 0) is 30.9 Å². The molecule has 2 fully saturated rings. The fraction of sp³-hybridized carbons (Fsp3) is 0.500. The van der Waals surface area contributed by atoms with Crippen molar-refractivity contribution in [1.82, 2.24) is 30.2 Å². The monoisotopic (exact) mass is 328 g/mol. The summed E-state index contributed by atoms with van der Waals surface area (Å²) in [6, 6.07) is 4.35. The van der Waals surface area contributed by atoms with Crippen LogP contribution in [0.4, 0.5) is 4.79 Å². The molecule has 2 aromatic rings. The molecule has 2 N–H and O–H groups in total. The zero-order valence-corrected chi connectivity index (χ0v) is 13.7. The van der Waals surface area contributed by atoms with Gasteiger partial charge < -0.3 is 15.3 Å². The van der Waals surface area contributed by atoms with Crippen LogP contribution in [0.25, 0.3) is 11.3 Å². The minimum absolute atomic E-state index is 0.405. The van der Waals surface area contributed by atoms with Gasteiger partial charge in [0.05, 0.1) is 17.1 Å². The second kappa shape index (κ2) is 5.55. The Kier molecular flexibility index (Phi) is 3.49. The Morgan fingerprint density at radius 3 is 2.62 bits per heavy atom. The molecule has 0 bridgehead atoms. The second-order valence-electron chi connectivity index (χ2n) is 6.63. The van der Waals surface area contributed by atoms with E-state index in [2.05, 4.69) is 20.6 Å². The Bertz CT molecular complexity index is 759. The highest BCUT2D eigenvalue weighted by Gasteiger charge is 2.56. The molecule has 1 unspecified atom stereocenters. The first-order valence-electron chi connectivity index (χ1n) is 8.07. The lowest BCUT2D eigenvalue weighted by atomic mass is 10.2. The van der Waals surface area contributed by atoms with Crippen LogP contribution in [0.2, 0.25) is 0 Å². The van der Waals surface area contributed by atoms with Gasteiger partial charge in [0, 0.05) is 44.5 Å². The topological polar surface area (TPSA) is 96.2 Å². The molecule has 3 atom stereocenters. The van der Waals surface area contributed by atoms with Crippen molar-refractivity contribution < 1.29 is 9.90 Å². The molecule has 0 aromatic carbocycles. The molecule has 126 valence electrons. The van der Waals surface area contributed by atoms with Crippen LogP contribution in [-0.4, -0.2) is 55.2 Å². The summed E-state index contributed by atoms with van der Waals surface area (Å²) in [6.07, 6.45) is 1.13. The minimum atomic E-state index is -0.812. The number of rotatable bonds is 4. The summed E-state index contributed by atoms with van der Waals surface area (Å²) < 4.78 is 1.77. The van der Waals surface area contributed by atoms with Gasteiger partial charge in [-0.3, -0.25) is 4.68 Å². The predicted molar refractivity (Wildman–Crippen MR) is 86.2 cm³/mol. The van der Waals surface area contributed by atoms with Gasteiger partial charge in [-0.25, -0.2) is 4.79 Å². The average molecular weight is 328 g/mol. The molecule has 8 heteroatoms. The Morgan fingerprint density at radius 1 is 1.33 bits per heavy atom. The maximum Gasteiger partial charge on any atom is 0.407 e. The number of hydrogen-bond donors (Lipinski definition) is 2. The summed E-state index contributed by atoms with van der Waals surface area (Å²) in [6.45, 7) is 3.90. The fourth-order valence-corrected chi connectivity index (χ4v) is 3.66. The molecular formula is C16H20N6O2. The number of hydrogen-bond acceptors (Lipinski definition) is 5. The molecule has 0 spiro atoms. The van der Waals surface area contributed by atoms with Crippen molar-refractivity contribution in [2.45, 2.75) is 19.5 Å². The van der Waals surface area contributed by atoms with E-state index in [1.54, 1.807) is 4.68 Å². The van der Waals surface area contributed by atoms with Crippen molar-refractivity contribution >= 4 is 6.09 Å². The summed E-state index contributed by atoms with van der Waals surface area (Å²) in [5.74, 6) is 0.901. The van der Waals surface area contributed by atoms with Crippen LogP contribution in [0.5, 0.6) is 0 Å². The zero-order valence-electron chi connectivity index (χ0n) is 13.7. The van der Waals surface area contributed by atoms with Crippen LogP contribution in [-0.2, 0) is 13.6 Å². The Labute approximate surface area is 139 Å². The lowest BCUT2D eigenvalue weighted by molar-refractivity contribution is 0.149. The normalized spacial score (nSPS) is 24.9. The number of nitrogens with zero attached hydrogens (tertiary/aromatic N) is 5. The van der Waals surface area contributed by atoms with Crippen LogP contribution in [0, 0.1) is 18.8 Å². The Balaban J connectivity index is 1.33. The minimum Gasteiger partial charge on any atom is -0.465 e. The van der Waals surface area contributed by atoms with Gasteiger partial charge in [0.2, 0.25) is 0 Å². The van der Waals surface area contributed by atoms with Gasteiger partial charge in [0.15, 0.2) is 0 Å². The molecule has 4 rings (SSSR count). The summed E-state index contributed by atoms with van der Waals surface area (Å²) >= 11 is 0. The SMILES string of the molecule is Cc1nn(C)cc1-c1ccc(CNC2[C@H]3CN(C(=O)O)C[C@@H]23)nn1. The van der Waals surface area contributed by atoms with E-state index in [9.17, 15) is 4.79 Å². The third-order valence-electron chi connectivity index (χ3n) is 4.99. The molecule has 2 aliphatic rings. The average Bonchev–Trinajstić information content (AvgIpc) is 2.88. The van der Waals surface area contributed by atoms with Crippen LogP contribution in [0.15, 0.2) is 18.3 Å². The molecule has 1 aliphatic carbocycles. The van der Waals surface area contributed by atoms with Crippen molar-refractivity contribution in [2.75, 3.05) is 13.1 Å². The molecular weight excluding hydrogens is 308 g/mol. The maximum absolute atomic E-state index is 10.9. The van der Waals surface area contributed by atoms with E-state index >= 15 is 0 Å². The van der Waals surface area contributed by atoms with Crippen molar-refractivity contribution in [2.24, 2.45) is 18.9 Å². The first kappa shape index (κ1) is 15.1. The standard InChI is InChI=1S/C16H20N6O2/c1-9-11(6-21(2)20-9)14-4-3-10(18-19-14)5-17-15-12-7-22(16(23)24)8-13(12)15/h3-4,6,12-13,15,17H,5,7-8H2,1-2H3,(H,23,24)/t12-,13+,15?. The number of carboxylic acid groups (broad SMARTS) is 1. The summed E-state index contributed by atoms with van der Waals surface area (Å²) in [7, 11) is 1.89. The van der Waals surface area contributed by atoms with Gasteiger partial charge >= 0.3 is 6.09 Å². The van der Waals surface area contributed by atoms with E-state index in [1.165, 1.54) is 4.90 Å². The third-order valence-corrected chi connectivity index (χ3v) is 4.99. The molecule has 1 saturated heterocycles. The van der Waals surface area contributed by atoms with Gasteiger partial charge in [0.25, 0.3) is 0 Å². The Hall–Kier alpha value is -2.48. The van der Waals surface area contributed by atoms with Crippen LogP contribution < -0.4 is 5.32 Å². The van der Waals surface area contributed by atoms with E-state index in [0.717, 1.165) is 22.6 Å². The largest absolute Gasteiger partial charge is 0.465 e. The van der Waals surface area contributed by atoms with E-state index < -0.39 is 6.09 Å². The number of amides is 1. The number of aromatic nitrogens is 4. The van der Waals surface area contributed by atoms with Gasteiger partial charge in [-0.1, -0.05) is 0 Å². The number of aryl methyl sites for hydroxylation is 2. The fourth-order valence-electron chi connectivity index (χ4n) is 3.66.